The van der Waals surface area contributed by atoms with E-state index in [1.54, 1.807) is 13.1 Å². The van der Waals surface area contributed by atoms with E-state index in [0.29, 0.717) is 12.5 Å². The van der Waals surface area contributed by atoms with E-state index in [9.17, 15) is 13.2 Å². The summed E-state index contributed by atoms with van der Waals surface area (Å²) >= 11 is 0. The van der Waals surface area contributed by atoms with Crippen LogP contribution in [-0.4, -0.2) is 25.1 Å². The number of aliphatic imine (C=N–C) groups is 1. The summed E-state index contributed by atoms with van der Waals surface area (Å²) in [4.78, 5) is 4.17. The van der Waals surface area contributed by atoms with Crippen LogP contribution in [0.2, 0.25) is 0 Å². The second kappa shape index (κ2) is 7.49. The Labute approximate surface area is 158 Å². The molecule has 1 aliphatic carbocycles. The number of hydrogen-bond acceptors (Lipinski definition) is 1. The van der Waals surface area contributed by atoms with E-state index in [0.717, 1.165) is 24.5 Å². The van der Waals surface area contributed by atoms with E-state index in [1.807, 2.05) is 20.8 Å². The monoisotopic (exact) mass is 455 g/mol. The van der Waals surface area contributed by atoms with Crippen molar-refractivity contribution in [3.8, 4) is 0 Å². The summed E-state index contributed by atoms with van der Waals surface area (Å²) in [6.07, 6.45) is -2.54. The third-order valence-corrected chi connectivity index (χ3v) is 3.97. The lowest BCUT2D eigenvalue weighted by molar-refractivity contribution is -0.137. The van der Waals surface area contributed by atoms with E-state index in [1.165, 1.54) is 12.1 Å². The maximum Gasteiger partial charge on any atom is 0.416 e. The van der Waals surface area contributed by atoms with Crippen molar-refractivity contribution in [1.29, 1.82) is 0 Å². The number of alkyl halides is 3. The summed E-state index contributed by atoms with van der Waals surface area (Å²) in [6.45, 7) is 6.66. The van der Waals surface area contributed by atoms with Crippen LogP contribution in [0.3, 0.4) is 0 Å². The third-order valence-electron chi connectivity index (χ3n) is 3.97. The predicted octanol–water partition coefficient (Wildman–Crippen LogP) is 4.32. The zero-order valence-corrected chi connectivity index (χ0v) is 16.8. The van der Waals surface area contributed by atoms with Gasteiger partial charge < -0.3 is 10.6 Å². The van der Waals surface area contributed by atoms with Gasteiger partial charge >= 0.3 is 6.18 Å². The van der Waals surface area contributed by atoms with Gasteiger partial charge in [-0.2, -0.15) is 13.2 Å². The fraction of sp³-hybridized carbons (Fsp3) is 0.588. The minimum Gasteiger partial charge on any atom is -0.356 e. The molecule has 0 heterocycles. The smallest absolute Gasteiger partial charge is 0.356 e. The van der Waals surface area contributed by atoms with Gasteiger partial charge in [0.25, 0.3) is 0 Å². The van der Waals surface area contributed by atoms with E-state index in [4.69, 9.17) is 0 Å². The molecule has 1 saturated carbocycles. The molecule has 0 saturated heterocycles. The number of halogens is 4. The third kappa shape index (κ3) is 5.53. The molecule has 1 aliphatic rings. The van der Waals surface area contributed by atoms with Crippen LogP contribution >= 0.6 is 24.0 Å². The van der Waals surface area contributed by atoms with Crippen molar-refractivity contribution in [2.24, 2.45) is 4.99 Å². The molecule has 7 heteroatoms. The van der Waals surface area contributed by atoms with E-state index < -0.39 is 11.7 Å². The maximum atomic E-state index is 12.9. The second-order valence-electron chi connectivity index (χ2n) is 7.16. The van der Waals surface area contributed by atoms with Gasteiger partial charge in [-0.15, -0.1) is 24.0 Å². The Morgan fingerprint density at radius 1 is 1.21 bits per heavy atom. The Kier molecular flexibility index (Phi) is 6.57. The standard InChI is InChI=1S/C17H24F3N3.HI/c1-15(2,3)23-14(21-4)22-11-16(8-9-16)12-6-5-7-13(10-12)17(18,19)20;/h5-7,10H,8-9,11H2,1-4H3,(H2,21,22,23);1H. The van der Waals surface area contributed by atoms with Crippen molar-refractivity contribution in [2.45, 2.75) is 50.7 Å². The molecule has 1 fully saturated rings. The maximum absolute atomic E-state index is 12.9. The lowest BCUT2D eigenvalue weighted by Crippen LogP contribution is -2.49. The Morgan fingerprint density at radius 2 is 1.83 bits per heavy atom. The van der Waals surface area contributed by atoms with E-state index in [2.05, 4.69) is 15.6 Å². The van der Waals surface area contributed by atoms with Crippen molar-refractivity contribution < 1.29 is 13.2 Å². The highest BCUT2D eigenvalue weighted by Gasteiger charge is 2.45. The highest BCUT2D eigenvalue weighted by atomic mass is 127. The predicted molar refractivity (Wildman–Crippen MR) is 102 cm³/mol. The van der Waals surface area contributed by atoms with Crippen LogP contribution in [0.1, 0.15) is 44.7 Å². The number of hydrogen-bond donors (Lipinski definition) is 2. The van der Waals surface area contributed by atoms with Crippen molar-refractivity contribution >= 4 is 29.9 Å². The van der Waals surface area contributed by atoms with Crippen LogP contribution < -0.4 is 10.6 Å². The molecular weight excluding hydrogens is 430 g/mol. The van der Waals surface area contributed by atoms with Crippen LogP contribution in [-0.2, 0) is 11.6 Å². The van der Waals surface area contributed by atoms with Gasteiger partial charge in [-0.3, -0.25) is 4.99 Å². The molecule has 0 radical (unpaired) electrons. The molecule has 1 aromatic rings. The Hall–Kier alpha value is -0.990. The minimum absolute atomic E-state index is 0. The van der Waals surface area contributed by atoms with Gasteiger partial charge in [0.05, 0.1) is 5.56 Å². The second-order valence-corrected chi connectivity index (χ2v) is 7.16. The van der Waals surface area contributed by atoms with Crippen LogP contribution in [0.4, 0.5) is 13.2 Å². The van der Waals surface area contributed by atoms with Gasteiger partial charge in [0.1, 0.15) is 0 Å². The molecule has 136 valence electrons. The molecule has 1 aromatic carbocycles. The lowest BCUT2D eigenvalue weighted by atomic mass is 9.94. The molecule has 2 rings (SSSR count). The largest absolute Gasteiger partial charge is 0.416 e. The molecule has 24 heavy (non-hydrogen) atoms. The van der Waals surface area contributed by atoms with Crippen molar-refractivity contribution in [2.75, 3.05) is 13.6 Å². The molecule has 0 aromatic heterocycles. The molecule has 3 nitrogen and oxygen atoms in total. The number of rotatable bonds is 3. The summed E-state index contributed by atoms with van der Waals surface area (Å²) in [7, 11) is 1.69. The van der Waals surface area contributed by atoms with Gasteiger partial charge in [-0.25, -0.2) is 0 Å². The quantitative estimate of drug-likeness (QED) is 0.405. The van der Waals surface area contributed by atoms with Crippen LogP contribution in [0, 0.1) is 0 Å². The first-order valence-electron chi connectivity index (χ1n) is 7.72. The lowest BCUT2D eigenvalue weighted by Gasteiger charge is -2.26. The first-order valence-corrected chi connectivity index (χ1v) is 7.72. The van der Waals surface area contributed by atoms with Gasteiger partial charge in [-0.1, -0.05) is 18.2 Å². The Bertz CT molecular complexity index is 587. The van der Waals surface area contributed by atoms with Gasteiger partial charge in [0.15, 0.2) is 5.96 Å². The average Bonchev–Trinajstić information content (AvgIpc) is 3.23. The molecule has 0 amide bonds. The molecule has 0 atom stereocenters. The molecule has 2 N–H and O–H groups in total. The van der Waals surface area contributed by atoms with Crippen LogP contribution in [0.5, 0.6) is 0 Å². The Morgan fingerprint density at radius 3 is 2.29 bits per heavy atom. The molecule has 0 unspecified atom stereocenters. The number of guanidine groups is 1. The zero-order valence-electron chi connectivity index (χ0n) is 14.4. The average molecular weight is 455 g/mol. The van der Waals surface area contributed by atoms with Gasteiger partial charge in [0.2, 0.25) is 0 Å². The first kappa shape index (κ1) is 21.1. The van der Waals surface area contributed by atoms with Gasteiger partial charge in [-0.05, 0) is 45.2 Å². The minimum atomic E-state index is -4.30. The first-order chi connectivity index (χ1) is 10.6. The van der Waals surface area contributed by atoms with E-state index in [-0.39, 0.29) is 34.9 Å². The molecular formula is C17H25F3IN3. The topological polar surface area (TPSA) is 36.4 Å². The molecule has 0 bridgehead atoms. The summed E-state index contributed by atoms with van der Waals surface area (Å²) in [5, 5.41) is 6.50. The summed E-state index contributed by atoms with van der Waals surface area (Å²) in [5.41, 5.74) is -0.199. The molecule has 0 spiro atoms. The van der Waals surface area contributed by atoms with Crippen molar-refractivity contribution in [3.63, 3.8) is 0 Å². The number of nitrogens with one attached hydrogen (secondary N) is 2. The highest BCUT2D eigenvalue weighted by Crippen LogP contribution is 2.48. The molecule has 0 aliphatic heterocycles. The van der Waals surface area contributed by atoms with Crippen LogP contribution in [0.15, 0.2) is 29.3 Å². The fourth-order valence-corrected chi connectivity index (χ4v) is 2.53. The van der Waals surface area contributed by atoms with E-state index >= 15 is 0 Å². The van der Waals surface area contributed by atoms with Crippen molar-refractivity contribution in [3.05, 3.63) is 35.4 Å². The normalized spacial score (nSPS) is 17.0. The fourth-order valence-electron chi connectivity index (χ4n) is 2.53. The number of benzene rings is 1. The zero-order chi connectivity index (χ0) is 17.3. The van der Waals surface area contributed by atoms with Gasteiger partial charge in [0, 0.05) is 24.5 Å². The number of nitrogens with zero attached hydrogens (tertiary/aromatic N) is 1. The van der Waals surface area contributed by atoms with Crippen molar-refractivity contribution in [1.82, 2.24) is 10.6 Å². The summed E-state index contributed by atoms with van der Waals surface area (Å²) in [5.74, 6) is 0.663. The summed E-state index contributed by atoms with van der Waals surface area (Å²) in [6, 6.07) is 5.66. The SMILES string of the molecule is CN=C(NCC1(c2cccc(C(F)(F)F)c2)CC1)NC(C)(C)C.I. The Balaban J connectivity index is 0.00000288. The highest BCUT2D eigenvalue weighted by molar-refractivity contribution is 14.0. The summed E-state index contributed by atoms with van der Waals surface area (Å²) < 4.78 is 38.7. The van der Waals surface area contributed by atoms with Crippen LogP contribution in [0.25, 0.3) is 0 Å².